The molecule has 0 saturated carbocycles. The summed E-state index contributed by atoms with van der Waals surface area (Å²) in [4.78, 5) is 0.102. The fraction of sp³-hybridized carbons (Fsp3) is 0.167. The molecular weight excluding hydrogens is 441 g/mol. The van der Waals surface area contributed by atoms with Crippen LogP contribution < -0.4 is 11.5 Å². The molecule has 7 nitrogen and oxygen atoms in total. The number of hydrogen-bond acceptors (Lipinski definition) is 4. The van der Waals surface area contributed by atoms with Crippen LogP contribution in [0, 0.1) is 5.82 Å². The van der Waals surface area contributed by atoms with E-state index in [0.717, 1.165) is 27.6 Å². The molecule has 0 bridgehead atoms. The molecule has 1 heterocycles. The Hall–Kier alpha value is -3.72. The average molecular weight is 466 g/mol. The Morgan fingerprint density at radius 2 is 1.76 bits per heavy atom. The van der Waals surface area contributed by atoms with Crippen molar-refractivity contribution in [2.45, 2.75) is 31.1 Å². The van der Waals surface area contributed by atoms with E-state index in [0.29, 0.717) is 23.1 Å². The van der Waals surface area contributed by atoms with Gasteiger partial charge in [0.05, 0.1) is 16.1 Å². The summed E-state index contributed by atoms with van der Waals surface area (Å²) in [5, 5.41) is 10.2. The van der Waals surface area contributed by atoms with E-state index in [1.54, 1.807) is 24.3 Å². The number of hydrogen-bond donors (Lipinski definition) is 2. The zero-order chi connectivity index (χ0) is 23.6. The smallest absolute Gasteiger partial charge is 0.268 e. The minimum atomic E-state index is -4.03. The van der Waals surface area contributed by atoms with Crippen LogP contribution >= 0.6 is 0 Å². The van der Waals surface area contributed by atoms with Crippen molar-refractivity contribution < 1.29 is 12.8 Å². The topological polar surface area (TPSA) is 116 Å². The second-order valence-electron chi connectivity index (χ2n) is 7.69. The van der Waals surface area contributed by atoms with Crippen molar-refractivity contribution in [1.29, 1.82) is 0 Å². The van der Waals surface area contributed by atoms with E-state index in [1.165, 1.54) is 18.3 Å². The number of guanidine groups is 1. The molecule has 0 saturated heterocycles. The van der Waals surface area contributed by atoms with Crippen LogP contribution in [0.15, 0.2) is 82.0 Å². The van der Waals surface area contributed by atoms with Gasteiger partial charge in [0.25, 0.3) is 10.0 Å². The van der Waals surface area contributed by atoms with Gasteiger partial charge in [0.1, 0.15) is 5.82 Å². The highest BCUT2D eigenvalue weighted by molar-refractivity contribution is 7.90. The highest BCUT2D eigenvalue weighted by atomic mass is 32.2. The third-order valence-electron chi connectivity index (χ3n) is 5.38. The molecule has 0 fully saturated rings. The third-order valence-corrected chi connectivity index (χ3v) is 7.05. The number of halogens is 1. The van der Waals surface area contributed by atoms with E-state index in [4.69, 9.17) is 11.5 Å². The summed E-state index contributed by atoms with van der Waals surface area (Å²) in [5.74, 6) is -0.749. The van der Waals surface area contributed by atoms with Crippen molar-refractivity contribution in [2.75, 3.05) is 0 Å². The van der Waals surface area contributed by atoms with Crippen LogP contribution in [-0.2, 0) is 10.0 Å². The van der Waals surface area contributed by atoms with E-state index in [9.17, 15) is 12.8 Å². The summed E-state index contributed by atoms with van der Waals surface area (Å²) in [5.41, 5.74) is 12.2. The van der Waals surface area contributed by atoms with Crippen LogP contribution in [-0.4, -0.2) is 24.1 Å². The van der Waals surface area contributed by atoms with Crippen LogP contribution in [0.2, 0.25) is 0 Å². The Labute approximate surface area is 191 Å². The van der Waals surface area contributed by atoms with E-state index >= 15 is 0 Å². The largest absolute Gasteiger partial charge is 0.369 e. The summed E-state index contributed by atoms with van der Waals surface area (Å²) >= 11 is 0. The highest BCUT2D eigenvalue weighted by Crippen LogP contribution is 2.29. The number of nitrogens with zero attached hydrogens (tertiary/aromatic N) is 3. The molecule has 0 unspecified atom stereocenters. The first-order valence-electron chi connectivity index (χ1n) is 10.5. The van der Waals surface area contributed by atoms with Crippen LogP contribution in [0.1, 0.15) is 31.7 Å². The predicted molar refractivity (Wildman–Crippen MR) is 130 cm³/mol. The number of benzene rings is 3. The van der Waals surface area contributed by atoms with Crippen LogP contribution in [0.25, 0.3) is 21.7 Å². The lowest BCUT2D eigenvalue weighted by molar-refractivity contribution is 0.589. The molecule has 0 radical (unpaired) electrons. The fourth-order valence-electron chi connectivity index (χ4n) is 3.74. The molecule has 0 atom stereocenters. The van der Waals surface area contributed by atoms with Crippen molar-refractivity contribution in [2.24, 2.45) is 21.7 Å². The zero-order valence-corrected chi connectivity index (χ0v) is 18.9. The van der Waals surface area contributed by atoms with Crippen LogP contribution in [0.4, 0.5) is 4.39 Å². The summed E-state index contributed by atoms with van der Waals surface area (Å²) in [6, 6.07) is 16.4. The van der Waals surface area contributed by atoms with E-state index in [-0.39, 0.29) is 16.4 Å². The summed E-state index contributed by atoms with van der Waals surface area (Å²) in [7, 11) is -4.03. The standard InChI is InChI=1S/C24H24FN5O2S/c1-2-3-8-22(28-29-24(26)27)21-15-30(23-14-18(25)10-12-20(21)23)33(31,32)19-11-9-16-6-4-5-7-17(16)13-19/h4-7,9-15H,2-3,8H2,1H3,(H4,26,27,29). The number of fused-ring (bicyclic) bond motifs is 2. The second-order valence-corrected chi connectivity index (χ2v) is 9.50. The van der Waals surface area contributed by atoms with Crippen molar-refractivity contribution in [3.8, 4) is 0 Å². The molecule has 9 heteroatoms. The molecule has 0 aliphatic heterocycles. The van der Waals surface area contributed by atoms with Crippen molar-refractivity contribution >= 4 is 43.4 Å². The molecule has 33 heavy (non-hydrogen) atoms. The molecule has 4 N–H and O–H groups in total. The number of nitrogens with two attached hydrogens (primary N) is 2. The Bertz CT molecular complexity index is 1500. The predicted octanol–water partition coefficient (Wildman–Crippen LogP) is 4.34. The average Bonchev–Trinajstić information content (AvgIpc) is 3.18. The molecule has 3 aromatic carbocycles. The normalized spacial score (nSPS) is 12.4. The van der Waals surface area contributed by atoms with E-state index < -0.39 is 15.8 Å². The van der Waals surface area contributed by atoms with Crippen molar-refractivity contribution in [3.05, 3.63) is 78.2 Å². The monoisotopic (exact) mass is 465 g/mol. The Balaban J connectivity index is 1.94. The quantitative estimate of drug-likeness (QED) is 0.240. The van der Waals surface area contributed by atoms with Gasteiger partial charge < -0.3 is 11.5 Å². The van der Waals surface area contributed by atoms with Crippen molar-refractivity contribution in [1.82, 2.24) is 3.97 Å². The maximum absolute atomic E-state index is 14.2. The summed E-state index contributed by atoms with van der Waals surface area (Å²) < 4.78 is 42.6. The molecule has 170 valence electrons. The number of rotatable bonds is 7. The van der Waals surface area contributed by atoms with Gasteiger partial charge in [0.2, 0.25) is 5.96 Å². The first-order valence-corrected chi connectivity index (χ1v) is 12.0. The maximum Gasteiger partial charge on any atom is 0.268 e. The molecule has 1 aromatic heterocycles. The van der Waals surface area contributed by atoms with E-state index in [1.807, 2.05) is 31.2 Å². The first-order chi connectivity index (χ1) is 15.8. The number of aromatic nitrogens is 1. The van der Waals surface area contributed by atoms with Gasteiger partial charge in [-0.3, -0.25) is 0 Å². The second kappa shape index (κ2) is 9.03. The number of unbranched alkanes of at least 4 members (excludes halogenated alkanes) is 1. The molecule has 4 aromatic rings. The van der Waals surface area contributed by atoms with Crippen molar-refractivity contribution in [3.63, 3.8) is 0 Å². The lowest BCUT2D eigenvalue weighted by Crippen LogP contribution is -2.22. The molecule has 0 amide bonds. The lowest BCUT2D eigenvalue weighted by Gasteiger charge is -2.09. The van der Waals surface area contributed by atoms with Gasteiger partial charge in [0.15, 0.2) is 0 Å². The molecule has 0 aliphatic rings. The first kappa shape index (κ1) is 22.5. The summed E-state index contributed by atoms with van der Waals surface area (Å²) in [6.07, 6.45) is 3.68. The van der Waals surface area contributed by atoms with E-state index in [2.05, 4.69) is 10.2 Å². The van der Waals surface area contributed by atoms with Gasteiger partial charge in [-0.05, 0) is 53.9 Å². The minimum Gasteiger partial charge on any atom is -0.369 e. The maximum atomic E-state index is 14.2. The van der Waals surface area contributed by atoms with Gasteiger partial charge in [-0.15, -0.1) is 5.10 Å². The molecule has 0 aliphatic carbocycles. The van der Waals surface area contributed by atoms with Gasteiger partial charge in [-0.25, -0.2) is 16.8 Å². The molecule has 4 rings (SSSR count). The van der Waals surface area contributed by atoms with Crippen LogP contribution in [0.5, 0.6) is 0 Å². The van der Waals surface area contributed by atoms with Gasteiger partial charge in [-0.2, -0.15) is 5.10 Å². The zero-order valence-electron chi connectivity index (χ0n) is 18.1. The summed E-state index contributed by atoms with van der Waals surface area (Å²) in [6.45, 7) is 2.03. The Kier molecular flexibility index (Phi) is 6.15. The van der Waals surface area contributed by atoms with Crippen LogP contribution in [0.3, 0.4) is 0 Å². The van der Waals surface area contributed by atoms with Gasteiger partial charge in [-0.1, -0.05) is 43.7 Å². The third kappa shape index (κ3) is 4.45. The van der Waals surface area contributed by atoms with Gasteiger partial charge >= 0.3 is 0 Å². The Morgan fingerprint density at radius 3 is 2.48 bits per heavy atom. The fourth-order valence-corrected chi connectivity index (χ4v) is 5.14. The highest BCUT2D eigenvalue weighted by Gasteiger charge is 2.24. The van der Waals surface area contributed by atoms with Gasteiger partial charge in [0, 0.05) is 17.1 Å². The minimum absolute atomic E-state index is 0.102. The SMILES string of the molecule is CCCCC(=NN=C(N)N)c1cn(S(=O)(=O)c2ccc3ccccc3c2)c2cc(F)ccc12. The lowest BCUT2D eigenvalue weighted by atomic mass is 10.0. The Morgan fingerprint density at radius 1 is 1.00 bits per heavy atom. The molecular formula is C24H24FN5O2S. The molecule has 0 spiro atoms.